The van der Waals surface area contributed by atoms with Crippen molar-refractivity contribution in [2.75, 3.05) is 13.2 Å². The standard InChI is InChI=1S/C37H34N2O4/c1-3-31-25-17-11-19-27(35-38-29(21-40-35)23-13-7-5-8-14-23)33(25)37(42-31)34-26(32(4-2)43-37)18-12-20-28(34)36-39-30(22-41-36)24-15-9-6-10-16-24/h5-20,29-32H,3-4,21-22H2,1-2H3/t29-,30-,31+,32+,37?/m0/s1. The van der Waals surface area contributed by atoms with Crippen molar-refractivity contribution in [3.05, 3.63) is 142 Å². The summed E-state index contributed by atoms with van der Waals surface area (Å²) in [6.07, 6.45) is 1.34. The normalized spacial score (nSPS) is 24.7. The van der Waals surface area contributed by atoms with E-state index in [1.807, 2.05) is 36.4 Å². The molecule has 0 radical (unpaired) electrons. The molecular weight excluding hydrogens is 536 g/mol. The minimum Gasteiger partial charge on any atom is -0.475 e. The van der Waals surface area contributed by atoms with Gasteiger partial charge in [-0.25, -0.2) is 9.98 Å². The van der Waals surface area contributed by atoms with Gasteiger partial charge in [-0.15, -0.1) is 0 Å². The SMILES string of the molecule is CC[C@H]1OC2(O[C@H](CC)c3cccc(C4=N[C@H](c5ccccc5)CO4)c32)c2c(C3=N[C@H](c4ccccc4)CO3)cccc21. The number of ether oxygens (including phenoxy) is 4. The van der Waals surface area contributed by atoms with Crippen molar-refractivity contribution in [2.24, 2.45) is 9.98 Å². The van der Waals surface area contributed by atoms with Crippen LogP contribution in [0.1, 0.15) is 95.5 Å². The number of aliphatic imine (C=N–C) groups is 2. The molecule has 0 aromatic heterocycles. The minimum absolute atomic E-state index is 0.0563. The molecule has 6 heteroatoms. The third-order valence-corrected chi connectivity index (χ3v) is 9.03. The van der Waals surface area contributed by atoms with Gasteiger partial charge in [-0.1, -0.05) is 98.8 Å². The van der Waals surface area contributed by atoms with Gasteiger partial charge < -0.3 is 18.9 Å². The molecule has 0 saturated carbocycles. The highest BCUT2D eigenvalue weighted by Crippen LogP contribution is 2.59. The van der Waals surface area contributed by atoms with E-state index < -0.39 is 5.79 Å². The van der Waals surface area contributed by atoms with Crippen molar-refractivity contribution in [3.8, 4) is 0 Å². The number of hydrogen-bond acceptors (Lipinski definition) is 6. The summed E-state index contributed by atoms with van der Waals surface area (Å²) in [4.78, 5) is 10.2. The highest BCUT2D eigenvalue weighted by molar-refractivity contribution is 6.00. The van der Waals surface area contributed by atoms with Gasteiger partial charge in [0.05, 0.1) is 12.2 Å². The second-order valence-electron chi connectivity index (χ2n) is 11.5. The van der Waals surface area contributed by atoms with Crippen molar-refractivity contribution in [1.82, 2.24) is 0 Å². The second-order valence-corrected chi connectivity index (χ2v) is 11.5. The lowest BCUT2D eigenvalue weighted by Crippen LogP contribution is -2.31. The van der Waals surface area contributed by atoms with Crippen LogP contribution < -0.4 is 0 Å². The van der Waals surface area contributed by atoms with Gasteiger partial charge in [-0.3, -0.25) is 0 Å². The average molecular weight is 571 g/mol. The first-order chi connectivity index (χ1) is 21.2. The smallest absolute Gasteiger partial charge is 0.225 e. The molecule has 0 saturated heterocycles. The Morgan fingerprint density at radius 2 is 1.02 bits per heavy atom. The molecule has 6 nitrogen and oxygen atoms in total. The number of fused-ring (bicyclic) bond motifs is 4. The van der Waals surface area contributed by atoms with Crippen LogP contribution in [0.3, 0.4) is 0 Å². The molecule has 0 N–H and O–H groups in total. The van der Waals surface area contributed by atoms with Crippen LogP contribution in [-0.2, 0) is 24.7 Å². The average Bonchev–Trinajstić information content (AvgIpc) is 3.87. The van der Waals surface area contributed by atoms with Crippen LogP contribution in [0.5, 0.6) is 0 Å². The molecule has 0 amide bonds. The molecule has 4 aliphatic heterocycles. The topological polar surface area (TPSA) is 61.6 Å². The third kappa shape index (κ3) is 4.15. The van der Waals surface area contributed by atoms with Gasteiger partial charge in [0, 0.05) is 22.3 Å². The summed E-state index contributed by atoms with van der Waals surface area (Å²) in [5.41, 5.74) is 8.31. The predicted octanol–water partition coefficient (Wildman–Crippen LogP) is 7.89. The van der Waals surface area contributed by atoms with E-state index in [0.29, 0.717) is 25.0 Å². The van der Waals surface area contributed by atoms with Crippen LogP contribution in [0.2, 0.25) is 0 Å². The maximum atomic E-state index is 7.07. The van der Waals surface area contributed by atoms with Gasteiger partial charge in [-0.2, -0.15) is 0 Å². The zero-order valence-corrected chi connectivity index (χ0v) is 24.4. The Balaban J connectivity index is 1.29. The Bertz CT molecular complexity index is 1600. The van der Waals surface area contributed by atoms with Crippen molar-refractivity contribution in [2.45, 2.75) is 56.8 Å². The Labute approximate surface area is 252 Å². The second kappa shape index (κ2) is 10.5. The van der Waals surface area contributed by atoms with Gasteiger partial charge >= 0.3 is 0 Å². The molecule has 0 fully saturated rings. The van der Waals surface area contributed by atoms with Crippen LogP contribution in [0.4, 0.5) is 0 Å². The molecule has 216 valence electrons. The Hall–Kier alpha value is -4.26. The van der Waals surface area contributed by atoms with Crippen LogP contribution in [-0.4, -0.2) is 25.0 Å². The highest BCUT2D eigenvalue weighted by Gasteiger charge is 2.57. The van der Waals surface area contributed by atoms with Crippen LogP contribution in [0.15, 0.2) is 107 Å². The molecular formula is C37H34N2O4. The lowest BCUT2D eigenvalue weighted by Gasteiger charge is -2.29. The number of rotatable bonds is 6. The number of benzene rings is 4. The molecule has 1 spiro atoms. The number of nitrogens with zero attached hydrogens (tertiary/aromatic N) is 2. The van der Waals surface area contributed by atoms with E-state index in [1.54, 1.807) is 0 Å². The van der Waals surface area contributed by atoms with Crippen LogP contribution in [0, 0.1) is 0 Å². The maximum Gasteiger partial charge on any atom is 0.225 e. The van der Waals surface area contributed by atoms with Crippen LogP contribution >= 0.6 is 0 Å². The fraction of sp³-hybridized carbons (Fsp3) is 0.297. The summed E-state index contributed by atoms with van der Waals surface area (Å²) in [5, 5.41) is 0. The van der Waals surface area contributed by atoms with E-state index in [0.717, 1.165) is 57.3 Å². The fourth-order valence-electron chi connectivity index (χ4n) is 7.03. The molecule has 4 aromatic carbocycles. The Morgan fingerprint density at radius 1 is 0.581 bits per heavy atom. The van der Waals surface area contributed by atoms with Crippen molar-refractivity contribution in [3.63, 3.8) is 0 Å². The van der Waals surface area contributed by atoms with Gasteiger partial charge in [-0.05, 0) is 47.2 Å². The van der Waals surface area contributed by atoms with Gasteiger partial charge in [0.2, 0.25) is 17.6 Å². The van der Waals surface area contributed by atoms with Crippen molar-refractivity contribution in [1.29, 1.82) is 0 Å². The third-order valence-electron chi connectivity index (χ3n) is 9.03. The molecule has 8 rings (SSSR count). The van der Waals surface area contributed by atoms with E-state index in [-0.39, 0.29) is 24.3 Å². The quantitative estimate of drug-likeness (QED) is 0.237. The molecule has 0 unspecified atom stereocenters. The molecule has 43 heavy (non-hydrogen) atoms. The first-order valence-electron chi connectivity index (χ1n) is 15.3. The zero-order valence-electron chi connectivity index (χ0n) is 24.4. The summed E-state index contributed by atoms with van der Waals surface area (Å²) in [5.74, 6) is 0.130. The first-order valence-corrected chi connectivity index (χ1v) is 15.3. The van der Waals surface area contributed by atoms with E-state index in [2.05, 4.69) is 74.5 Å². The highest BCUT2D eigenvalue weighted by atomic mass is 16.7. The minimum atomic E-state index is -1.13. The zero-order chi connectivity index (χ0) is 29.0. The maximum absolute atomic E-state index is 7.07. The fourth-order valence-corrected chi connectivity index (χ4v) is 7.03. The van der Waals surface area contributed by atoms with Crippen molar-refractivity contribution < 1.29 is 18.9 Å². The van der Waals surface area contributed by atoms with E-state index >= 15 is 0 Å². The summed E-state index contributed by atoms with van der Waals surface area (Å²) in [6, 6.07) is 33.2. The van der Waals surface area contributed by atoms with Gasteiger partial charge in [0.25, 0.3) is 0 Å². The van der Waals surface area contributed by atoms with E-state index in [9.17, 15) is 0 Å². The van der Waals surface area contributed by atoms with Crippen molar-refractivity contribution >= 4 is 11.8 Å². The molecule has 4 heterocycles. The van der Waals surface area contributed by atoms with E-state index in [1.165, 1.54) is 0 Å². The molecule has 0 aliphatic carbocycles. The molecule has 4 aliphatic rings. The summed E-state index contributed by atoms with van der Waals surface area (Å²) in [7, 11) is 0. The first kappa shape index (κ1) is 26.4. The van der Waals surface area contributed by atoms with Gasteiger partial charge in [0.1, 0.15) is 25.3 Å². The van der Waals surface area contributed by atoms with Gasteiger partial charge in [0.15, 0.2) is 0 Å². The molecule has 4 aromatic rings. The lowest BCUT2D eigenvalue weighted by atomic mass is 9.86. The summed E-state index contributed by atoms with van der Waals surface area (Å²) >= 11 is 0. The predicted molar refractivity (Wildman–Crippen MR) is 165 cm³/mol. The number of hydrogen-bond donors (Lipinski definition) is 0. The van der Waals surface area contributed by atoms with E-state index in [4.69, 9.17) is 28.9 Å². The summed E-state index contributed by atoms with van der Waals surface area (Å²) in [6.45, 7) is 5.31. The van der Waals surface area contributed by atoms with Crippen LogP contribution in [0.25, 0.3) is 0 Å². The molecule has 4 atom stereocenters. The lowest BCUT2D eigenvalue weighted by molar-refractivity contribution is -0.236. The summed E-state index contributed by atoms with van der Waals surface area (Å²) < 4.78 is 26.8. The monoisotopic (exact) mass is 570 g/mol. The Morgan fingerprint density at radius 3 is 1.44 bits per heavy atom. The largest absolute Gasteiger partial charge is 0.475 e. The Kier molecular flexibility index (Phi) is 6.42. The molecule has 0 bridgehead atoms.